The molecule has 2 rings (SSSR count). The van der Waals surface area contributed by atoms with Gasteiger partial charge in [0.05, 0.1) is 25.1 Å². The number of amides is 2. The maximum Gasteiger partial charge on any atom is 0.305 e. The van der Waals surface area contributed by atoms with Crippen molar-refractivity contribution in [2.75, 3.05) is 19.8 Å². The number of carbonyl (C=O) groups is 3. The summed E-state index contributed by atoms with van der Waals surface area (Å²) in [7, 11) is 0. The largest absolute Gasteiger partial charge is 0.464 e. The highest BCUT2D eigenvalue weighted by Gasteiger charge is 2.31. The van der Waals surface area contributed by atoms with Crippen LogP contribution in [0.5, 0.6) is 0 Å². The quantitative estimate of drug-likeness (QED) is 0.278. The Morgan fingerprint density at radius 2 is 1.97 bits per heavy atom. The number of hydrogen-bond donors (Lipinski definition) is 2. The van der Waals surface area contributed by atoms with Gasteiger partial charge >= 0.3 is 5.97 Å². The van der Waals surface area contributed by atoms with Gasteiger partial charge in [-0.25, -0.2) is 0 Å². The van der Waals surface area contributed by atoms with Crippen LogP contribution in [0.2, 0.25) is 0 Å². The summed E-state index contributed by atoms with van der Waals surface area (Å²) in [6.45, 7) is 7.87. The van der Waals surface area contributed by atoms with Crippen LogP contribution >= 0.6 is 0 Å². The van der Waals surface area contributed by atoms with E-state index >= 15 is 0 Å². The van der Waals surface area contributed by atoms with Gasteiger partial charge in [-0.05, 0) is 36.8 Å². The Morgan fingerprint density at radius 3 is 2.66 bits per heavy atom. The normalized spacial score (nSPS) is 15.9. The average molecular weight is 443 g/mol. The molecule has 0 saturated heterocycles. The summed E-state index contributed by atoms with van der Waals surface area (Å²) in [6, 6.07) is 7.58. The number of esters is 1. The Balaban J connectivity index is 1.86. The lowest BCUT2D eigenvalue weighted by atomic mass is 9.92. The third-order valence-corrected chi connectivity index (χ3v) is 5.58. The minimum Gasteiger partial charge on any atom is -0.464 e. The molecule has 0 radical (unpaired) electrons. The number of rotatable bonds is 13. The van der Waals surface area contributed by atoms with Crippen molar-refractivity contribution in [3.05, 3.63) is 60.7 Å². The fourth-order valence-electron chi connectivity index (χ4n) is 3.80. The van der Waals surface area contributed by atoms with Crippen molar-refractivity contribution in [2.24, 2.45) is 5.92 Å². The molecule has 7 heteroatoms. The van der Waals surface area contributed by atoms with E-state index in [0.717, 1.165) is 17.5 Å². The number of nitrogens with one attached hydrogen (secondary N) is 1. The Bertz CT molecular complexity index is 807. The van der Waals surface area contributed by atoms with E-state index in [1.165, 1.54) is 0 Å². The molecular formula is C25H34N2O5. The smallest absolute Gasteiger partial charge is 0.305 e. The summed E-state index contributed by atoms with van der Waals surface area (Å²) in [5.41, 5.74) is 2.19. The molecule has 174 valence electrons. The van der Waals surface area contributed by atoms with Gasteiger partial charge in [0.1, 0.15) is 6.61 Å². The average Bonchev–Trinajstić information content (AvgIpc) is 2.80. The first-order valence-corrected chi connectivity index (χ1v) is 11.1. The topological polar surface area (TPSA) is 95.9 Å². The van der Waals surface area contributed by atoms with Crippen LogP contribution in [0, 0.1) is 5.92 Å². The van der Waals surface area contributed by atoms with Gasteiger partial charge in [0, 0.05) is 19.4 Å². The second-order valence-corrected chi connectivity index (χ2v) is 7.95. The van der Waals surface area contributed by atoms with Gasteiger partial charge in [-0.2, -0.15) is 0 Å². The highest BCUT2D eigenvalue weighted by Crippen LogP contribution is 2.25. The number of allylic oxidation sites excluding steroid dienone is 2. The highest BCUT2D eigenvalue weighted by molar-refractivity contribution is 5.86. The van der Waals surface area contributed by atoms with Crippen molar-refractivity contribution in [1.82, 2.24) is 10.2 Å². The van der Waals surface area contributed by atoms with Gasteiger partial charge in [-0.3, -0.25) is 14.4 Å². The summed E-state index contributed by atoms with van der Waals surface area (Å²) in [4.78, 5) is 38.9. The predicted molar refractivity (Wildman–Crippen MR) is 123 cm³/mol. The zero-order chi connectivity index (χ0) is 23.3. The maximum absolute atomic E-state index is 13.0. The van der Waals surface area contributed by atoms with Gasteiger partial charge in [0.15, 0.2) is 0 Å². The Labute approximate surface area is 190 Å². The lowest BCUT2D eigenvalue weighted by Gasteiger charge is -2.36. The summed E-state index contributed by atoms with van der Waals surface area (Å²) in [6.07, 6.45) is 6.10. The van der Waals surface area contributed by atoms with Crippen molar-refractivity contribution in [1.29, 1.82) is 0 Å². The van der Waals surface area contributed by atoms with E-state index < -0.39 is 5.92 Å². The SMILES string of the molecule is C=CCCCC(=O)OCCNC(=O)C(CC=C)CC(=O)N1Cc2ccccc2CC1CO. The molecule has 7 nitrogen and oxygen atoms in total. The fourth-order valence-corrected chi connectivity index (χ4v) is 3.80. The molecule has 0 fully saturated rings. The molecule has 0 bridgehead atoms. The molecule has 0 aromatic heterocycles. The first-order valence-electron chi connectivity index (χ1n) is 11.1. The number of benzene rings is 1. The second-order valence-electron chi connectivity index (χ2n) is 7.95. The van der Waals surface area contributed by atoms with Crippen molar-refractivity contribution < 1.29 is 24.2 Å². The molecule has 32 heavy (non-hydrogen) atoms. The highest BCUT2D eigenvalue weighted by atomic mass is 16.5. The fraction of sp³-hybridized carbons (Fsp3) is 0.480. The Hall–Kier alpha value is -2.93. The van der Waals surface area contributed by atoms with Crippen LogP contribution in [0.15, 0.2) is 49.6 Å². The van der Waals surface area contributed by atoms with Crippen molar-refractivity contribution in [3.63, 3.8) is 0 Å². The monoisotopic (exact) mass is 442 g/mol. The van der Waals surface area contributed by atoms with Crippen LogP contribution in [0.4, 0.5) is 0 Å². The summed E-state index contributed by atoms with van der Waals surface area (Å²) >= 11 is 0. The van der Waals surface area contributed by atoms with Crippen molar-refractivity contribution >= 4 is 17.8 Å². The zero-order valence-corrected chi connectivity index (χ0v) is 18.6. The van der Waals surface area contributed by atoms with E-state index in [1.807, 2.05) is 24.3 Å². The van der Waals surface area contributed by atoms with E-state index in [2.05, 4.69) is 18.5 Å². The summed E-state index contributed by atoms with van der Waals surface area (Å²) < 4.78 is 5.11. The van der Waals surface area contributed by atoms with Crippen LogP contribution in [0.1, 0.15) is 43.2 Å². The Kier molecular flexibility index (Phi) is 10.7. The summed E-state index contributed by atoms with van der Waals surface area (Å²) in [5, 5.41) is 12.5. The number of fused-ring (bicyclic) bond motifs is 1. The van der Waals surface area contributed by atoms with Crippen LogP contribution in [0.3, 0.4) is 0 Å². The zero-order valence-electron chi connectivity index (χ0n) is 18.6. The summed E-state index contributed by atoms with van der Waals surface area (Å²) in [5.74, 6) is -1.33. The van der Waals surface area contributed by atoms with Crippen molar-refractivity contribution in [3.8, 4) is 0 Å². The molecule has 2 unspecified atom stereocenters. The number of nitrogens with zero attached hydrogens (tertiary/aromatic N) is 1. The molecule has 0 aliphatic carbocycles. The molecule has 0 saturated carbocycles. The third-order valence-electron chi connectivity index (χ3n) is 5.58. The van der Waals surface area contributed by atoms with Crippen LogP contribution in [-0.2, 0) is 32.1 Å². The molecule has 1 aliphatic heterocycles. The third kappa shape index (κ3) is 7.64. The maximum atomic E-state index is 13.0. The van der Waals surface area contributed by atoms with Crippen LogP contribution in [-0.4, -0.2) is 53.6 Å². The number of carbonyl (C=O) groups excluding carboxylic acids is 3. The van der Waals surface area contributed by atoms with Gasteiger partial charge < -0.3 is 20.1 Å². The van der Waals surface area contributed by atoms with Gasteiger partial charge in [-0.1, -0.05) is 36.4 Å². The van der Waals surface area contributed by atoms with E-state index in [4.69, 9.17) is 4.74 Å². The van der Waals surface area contributed by atoms with Gasteiger partial charge in [0.25, 0.3) is 0 Å². The van der Waals surface area contributed by atoms with E-state index in [9.17, 15) is 19.5 Å². The molecule has 1 aromatic carbocycles. The minimum atomic E-state index is -0.570. The molecular weight excluding hydrogens is 408 g/mol. The predicted octanol–water partition coefficient (Wildman–Crippen LogP) is 2.53. The van der Waals surface area contributed by atoms with E-state index in [-0.39, 0.29) is 50.0 Å². The minimum absolute atomic E-state index is 0.0257. The van der Waals surface area contributed by atoms with Gasteiger partial charge in [0.2, 0.25) is 11.8 Å². The molecule has 2 N–H and O–H groups in total. The second kappa shape index (κ2) is 13.5. The first kappa shape index (κ1) is 25.3. The van der Waals surface area contributed by atoms with Gasteiger partial charge in [-0.15, -0.1) is 13.2 Å². The first-order chi connectivity index (χ1) is 15.5. The van der Waals surface area contributed by atoms with Crippen LogP contribution < -0.4 is 5.32 Å². The number of hydrogen-bond acceptors (Lipinski definition) is 5. The molecule has 1 aromatic rings. The lowest BCUT2D eigenvalue weighted by Crippen LogP contribution is -2.47. The number of aliphatic hydroxyl groups is 1. The standard InChI is InChI=1S/C25H34N2O5/c1-3-5-6-12-24(30)32-14-13-26-25(31)20(9-4-2)16-23(29)27-17-21-11-8-7-10-19(21)15-22(27)18-28/h3-4,7-8,10-11,20,22,28H,1-2,5-6,9,12-18H2,(H,26,31). The van der Waals surface area contributed by atoms with Crippen LogP contribution in [0.25, 0.3) is 0 Å². The van der Waals surface area contributed by atoms with E-state index in [1.54, 1.807) is 17.1 Å². The molecule has 2 amide bonds. The van der Waals surface area contributed by atoms with Crippen molar-refractivity contribution in [2.45, 2.75) is 51.1 Å². The molecule has 2 atom stereocenters. The molecule has 1 heterocycles. The number of ether oxygens (including phenoxy) is 1. The number of unbranched alkanes of at least 4 members (excludes halogenated alkanes) is 1. The van der Waals surface area contributed by atoms with E-state index in [0.29, 0.717) is 32.2 Å². The molecule has 1 aliphatic rings. The Morgan fingerprint density at radius 1 is 1.22 bits per heavy atom. The molecule has 0 spiro atoms. The number of aliphatic hydroxyl groups excluding tert-OH is 1. The lowest BCUT2D eigenvalue weighted by molar-refractivity contribution is -0.144.